The van der Waals surface area contributed by atoms with E-state index >= 15 is 0 Å². The summed E-state index contributed by atoms with van der Waals surface area (Å²) in [6.45, 7) is 2.10. The lowest BCUT2D eigenvalue weighted by molar-refractivity contribution is -0.140. The molecule has 0 heterocycles. The summed E-state index contributed by atoms with van der Waals surface area (Å²) >= 11 is 0. The van der Waals surface area contributed by atoms with Gasteiger partial charge in [-0.3, -0.25) is 9.59 Å². The molecule has 0 aromatic carbocycles. The van der Waals surface area contributed by atoms with Gasteiger partial charge >= 0.3 is 5.97 Å². The Morgan fingerprint density at radius 1 is 1.19 bits per heavy atom. The fourth-order valence-electron chi connectivity index (χ4n) is 3.69. The van der Waals surface area contributed by atoms with E-state index in [4.69, 9.17) is 0 Å². The Balaban J connectivity index is 2.49. The number of esters is 1. The van der Waals surface area contributed by atoms with E-state index in [2.05, 4.69) is 11.7 Å². The van der Waals surface area contributed by atoms with Gasteiger partial charge in [0.1, 0.15) is 5.78 Å². The van der Waals surface area contributed by atoms with Crippen LogP contribution in [0.25, 0.3) is 0 Å². The molecule has 1 aliphatic carbocycles. The minimum atomic E-state index is -0.820. The molecule has 0 bridgehead atoms. The van der Waals surface area contributed by atoms with Crippen molar-refractivity contribution in [2.75, 3.05) is 7.11 Å². The molecule has 156 valence electrons. The first kappa shape index (κ1) is 23.8. The second-order valence-corrected chi connectivity index (χ2v) is 7.53. The van der Waals surface area contributed by atoms with Gasteiger partial charge in [0.15, 0.2) is 0 Å². The second kappa shape index (κ2) is 13.0. The first-order valence-corrected chi connectivity index (χ1v) is 10.2. The van der Waals surface area contributed by atoms with Crippen molar-refractivity contribution in [3.63, 3.8) is 0 Å². The van der Waals surface area contributed by atoms with Crippen LogP contribution < -0.4 is 0 Å². The van der Waals surface area contributed by atoms with Gasteiger partial charge in [-0.05, 0) is 19.3 Å². The molecule has 3 N–H and O–H groups in total. The minimum Gasteiger partial charge on any atom is -0.469 e. The summed E-state index contributed by atoms with van der Waals surface area (Å²) in [4.78, 5) is 23.3. The minimum absolute atomic E-state index is 0.0466. The van der Waals surface area contributed by atoms with E-state index in [9.17, 15) is 24.9 Å². The zero-order valence-corrected chi connectivity index (χ0v) is 16.7. The zero-order valence-electron chi connectivity index (χ0n) is 16.7. The zero-order chi connectivity index (χ0) is 20.2. The van der Waals surface area contributed by atoms with Gasteiger partial charge in [0.05, 0.1) is 31.3 Å². The van der Waals surface area contributed by atoms with Crippen molar-refractivity contribution < 1.29 is 29.6 Å². The van der Waals surface area contributed by atoms with Crippen LogP contribution in [0.1, 0.15) is 71.1 Å². The first-order valence-electron chi connectivity index (χ1n) is 10.2. The topological polar surface area (TPSA) is 104 Å². The molecule has 6 nitrogen and oxygen atoms in total. The van der Waals surface area contributed by atoms with E-state index in [1.165, 1.54) is 7.11 Å². The standard InChI is InChI=1S/C21H36O6/c1-3-4-6-9-15(22)12-13-16-18(24)14-19(25)21(16)17(23)10-7-5-8-11-20(26)27-2/h12-13,15-18,21-24H,3-11,14H2,1-2H3. The molecule has 0 amide bonds. The third-order valence-corrected chi connectivity index (χ3v) is 5.32. The molecular weight excluding hydrogens is 348 g/mol. The van der Waals surface area contributed by atoms with Crippen molar-refractivity contribution in [3.8, 4) is 0 Å². The predicted molar refractivity (Wildman–Crippen MR) is 103 cm³/mol. The molecule has 1 fully saturated rings. The number of ether oxygens (including phenoxy) is 1. The fraction of sp³-hybridized carbons (Fsp3) is 0.810. The van der Waals surface area contributed by atoms with Gasteiger partial charge in [0.25, 0.3) is 0 Å². The smallest absolute Gasteiger partial charge is 0.305 e. The van der Waals surface area contributed by atoms with Crippen molar-refractivity contribution >= 4 is 11.8 Å². The number of methoxy groups -OCH3 is 1. The average Bonchev–Trinajstić information content (AvgIpc) is 2.92. The fourth-order valence-corrected chi connectivity index (χ4v) is 3.69. The molecule has 0 aliphatic heterocycles. The van der Waals surface area contributed by atoms with Crippen molar-refractivity contribution in [3.05, 3.63) is 12.2 Å². The number of hydrogen-bond acceptors (Lipinski definition) is 6. The van der Waals surface area contributed by atoms with Crippen LogP contribution >= 0.6 is 0 Å². The normalized spacial score (nSPS) is 25.1. The van der Waals surface area contributed by atoms with Gasteiger partial charge in [-0.1, -0.05) is 51.2 Å². The van der Waals surface area contributed by atoms with Crippen LogP contribution in [0, 0.1) is 11.8 Å². The summed E-state index contributed by atoms with van der Waals surface area (Å²) in [6.07, 6.45) is 7.90. The SMILES string of the molecule is CCCCCC(O)C=CC1C(O)CC(=O)C1C(O)CCCCCC(=O)OC. The Morgan fingerprint density at radius 2 is 1.89 bits per heavy atom. The van der Waals surface area contributed by atoms with Gasteiger partial charge < -0.3 is 20.1 Å². The number of unbranched alkanes of at least 4 members (excludes halogenated alkanes) is 4. The highest BCUT2D eigenvalue weighted by Crippen LogP contribution is 2.34. The van der Waals surface area contributed by atoms with Crippen LogP contribution in [0.3, 0.4) is 0 Å². The van der Waals surface area contributed by atoms with E-state index in [-0.39, 0.29) is 18.2 Å². The highest BCUT2D eigenvalue weighted by Gasteiger charge is 2.43. The number of hydrogen-bond donors (Lipinski definition) is 3. The summed E-state index contributed by atoms with van der Waals surface area (Å²) in [5.74, 6) is -1.45. The van der Waals surface area contributed by atoms with Crippen LogP contribution in [-0.4, -0.2) is 52.5 Å². The van der Waals surface area contributed by atoms with Gasteiger partial charge in [-0.25, -0.2) is 0 Å². The molecule has 1 saturated carbocycles. The van der Waals surface area contributed by atoms with Crippen molar-refractivity contribution in [2.45, 2.75) is 89.4 Å². The maximum absolute atomic E-state index is 12.2. The Hall–Kier alpha value is -1.24. The monoisotopic (exact) mass is 384 g/mol. The highest BCUT2D eigenvalue weighted by molar-refractivity contribution is 5.85. The summed E-state index contributed by atoms with van der Waals surface area (Å²) in [5.41, 5.74) is 0. The highest BCUT2D eigenvalue weighted by atomic mass is 16.5. The maximum atomic E-state index is 12.2. The number of ketones is 1. The molecule has 1 rings (SSSR count). The number of carbonyl (C=O) groups excluding carboxylic acids is 2. The molecular formula is C21H36O6. The summed E-state index contributed by atoms with van der Waals surface area (Å²) < 4.78 is 4.59. The molecule has 0 saturated heterocycles. The van der Waals surface area contributed by atoms with Gasteiger partial charge in [-0.15, -0.1) is 0 Å². The number of aliphatic hydroxyl groups excluding tert-OH is 3. The Labute approximate surface area is 162 Å². The predicted octanol–water partition coefficient (Wildman–Crippen LogP) is 2.53. The molecule has 0 aromatic heterocycles. The first-order chi connectivity index (χ1) is 12.9. The van der Waals surface area contributed by atoms with E-state index in [0.717, 1.165) is 25.7 Å². The molecule has 5 unspecified atom stereocenters. The van der Waals surface area contributed by atoms with Crippen LogP contribution in [0.4, 0.5) is 0 Å². The number of aliphatic hydroxyl groups is 3. The van der Waals surface area contributed by atoms with Crippen LogP contribution in [0.5, 0.6) is 0 Å². The van der Waals surface area contributed by atoms with E-state index in [1.54, 1.807) is 12.2 Å². The van der Waals surface area contributed by atoms with E-state index in [0.29, 0.717) is 32.1 Å². The lowest BCUT2D eigenvalue weighted by Gasteiger charge is -2.23. The molecule has 6 heteroatoms. The maximum Gasteiger partial charge on any atom is 0.305 e. The summed E-state index contributed by atoms with van der Waals surface area (Å²) in [5, 5.41) is 30.7. The third kappa shape index (κ3) is 8.54. The Bertz CT molecular complexity index is 475. The molecule has 0 spiro atoms. The largest absolute Gasteiger partial charge is 0.469 e. The molecule has 5 atom stereocenters. The van der Waals surface area contributed by atoms with Crippen LogP contribution in [0.15, 0.2) is 12.2 Å². The molecule has 27 heavy (non-hydrogen) atoms. The van der Waals surface area contributed by atoms with Crippen LogP contribution in [-0.2, 0) is 14.3 Å². The Morgan fingerprint density at radius 3 is 2.56 bits per heavy atom. The van der Waals surface area contributed by atoms with E-state index < -0.39 is 30.1 Å². The van der Waals surface area contributed by atoms with Crippen molar-refractivity contribution in [1.29, 1.82) is 0 Å². The molecule has 0 aromatic rings. The van der Waals surface area contributed by atoms with Crippen molar-refractivity contribution in [1.82, 2.24) is 0 Å². The average molecular weight is 385 g/mol. The van der Waals surface area contributed by atoms with Gasteiger partial charge in [0.2, 0.25) is 0 Å². The van der Waals surface area contributed by atoms with Gasteiger partial charge in [0, 0.05) is 18.8 Å². The summed E-state index contributed by atoms with van der Waals surface area (Å²) in [7, 11) is 1.36. The lowest BCUT2D eigenvalue weighted by Crippen LogP contribution is -2.30. The van der Waals surface area contributed by atoms with Crippen LogP contribution in [0.2, 0.25) is 0 Å². The van der Waals surface area contributed by atoms with Gasteiger partial charge in [-0.2, -0.15) is 0 Å². The summed E-state index contributed by atoms with van der Waals surface area (Å²) in [6, 6.07) is 0. The quantitative estimate of drug-likeness (QED) is 0.256. The number of rotatable bonds is 13. The van der Waals surface area contributed by atoms with E-state index in [1.807, 2.05) is 0 Å². The second-order valence-electron chi connectivity index (χ2n) is 7.53. The molecule has 1 aliphatic rings. The molecule has 0 radical (unpaired) electrons. The number of carbonyl (C=O) groups is 2. The lowest BCUT2D eigenvalue weighted by atomic mass is 9.86. The Kier molecular flexibility index (Phi) is 11.5. The third-order valence-electron chi connectivity index (χ3n) is 5.32. The number of Topliss-reactive ketones (excluding diaryl/α,β-unsaturated/α-hetero) is 1. The van der Waals surface area contributed by atoms with Crippen molar-refractivity contribution in [2.24, 2.45) is 11.8 Å².